The Kier molecular flexibility index (Phi) is 2.44. The molecule has 0 aliphatic carbocycles. The molecular formula is C11H11N3O2. The number of hydrogen-bond donors (Lipinski definition) is 1. The summed E-state index contributed by atoms with van der Waals surface area (Å²) < 4.78 is 1.55. The SMILES string of the molecule is Cc1cnn(-c2cc(C)ncc2C(=O)O)c1. The number of carboxylic acid groups (broad SMARTS) is 1. The van der Waals surface area contributed by atoms with E-state index in [1.54, 1.807) is 23.1 Å². The van der Waals surface area contributed by atoms with E-state index in [2.05, 4.69) is 10.1 Å². The zero-order valence-corrected chi connectivity index (χ0v) is 9.01. The lowest BCUT2D eigenvalue weighted by atomic mass is 10.2. The van der Waals surface area contributed by atoms with Gasteiger partial charge in [-0.1, -0.05) is 0 Å². The molecule has 0 radical (unpaired) electrons. The third-order valence-electron chi connectivity index (χ3n) is 2.21. The Balaban J connectivity index is 2.62. The summed E-state index contributed by atoms with van der Waals surface area (Å²) in [6.45, 7) is 3.71. The van der Waals surface area contributed by atoms with E-state index in [0.717, 1.165) is 11.3 Å². The molecule has 0 spiro atoms. The van der Waals surface area contributed by atoms with Crippen molar-refractivity contribution < 1.29 is 9.90 Å². The van der Waals surface area contributed by atoms with Gasteiger partial charge in [0.1, 0.15) is 5.56 Å². The molecule has 0 saturated heterocycles. The third-order valence-corrected chi connectivity index (χ3v) is 2.21. The van der Waals surface area contributed by atoms with Gasteiger partial charge in [-0.15, -0.1) is 0 Å². The molecule has 0 aliphatic heterocycles. The van der Waals surface area contributed by atoms with Crippen LogP contribution >= 0.6 is 0 Å². The molecule has 0 aromatic carbocycles. The molecule has 2 aromatic heterocycles. The maximum absolute atomic E-state index is 11.0. The number of nitrogens with zero attached hydrogens (tertiary/aromatic N) is 3. The van der Waals surface area contributed by atoms with Crippen LogP contribution in [0.4, 0.5) is 0 Å². The molecule has 2 heterocycles. The highest BCUT2D eigenvalue weighted by Gasteiger charge is 2.13. The summed E-state index contributed by atoms with van der Waals surface area (Å²) in [5, 5.41) is 13.1. The average molecular weight is 217 g/mol. The van der Waals surface area contributed by atoms with Gasteiger partial charge < -0.3 is 5.11 Å². The highest BCUT2D eigenvalue weighted by molar-refractivity contribution is 5.91. The minimum absolute atomic E-state index is 0.147. The van der Waals surface area contributed by atoms with Crippen molar-refractivity contribution in [3.05, 3.63) is 41.5 Å². The van der Waals surface area contributed by atoms with E-state index in [0.29, 0.717) is 5.69 Å². The molecule has 2 rings (SSSR count). The normalized spacial score (nSPS) is 10.4. The van der Waals surface area contributed by atoms with Crippen LogP contribution in [0.15, 0.2) is 24.7 Å². The Hall–Kier alpha value is -2.17. The van der Waals surface area contributed by atoms with Gasteiger partial charge in [0, 0.05) is 18.1 Å². The van der Waals surface area contributed by atoms with Crippen molar-refractivity contribution in [1.82, 2.24) is 14.8 Å². The van der Waals surface area contributed by atoms with Crippen molar-refractivity contribution in [1.29, 1.82) is 0 Å². The summed E-state index contributed by atoms with van der Waals surface area (Å²) in [7, 11) is 0. The largest absolute Gasteiger partial charge is 0.478 e. The smallest absolute Gasteiger partial charge is 0.339 e. The van der Waals surface area contributed by atoms with Crippen molar-refractivity contribution in [2.75, 3.05) is 0 Å². The lowest BCUT2D eigenvalue weighted by molar-refractivity contribution is 0.0696. The van der Waals surface area contributed by atoms with Gasteiger partial charge in [-0.25, -0.2) is 9.48 Å². The van der Waals surface area contributed by atoms with Crippen molar-refractivity contribution in [2.24, 2.45) is 0 Å². The van der Waals surface area contributed by atoms with Gasteiger partial charge in [0.15, 0.2) is 0 Å². The van der Waals surface area contributed by atoms with Crippen molar-refractivity contribution in [2.45, 2.75) is 13.8 Å². The monoisotopic (exact) mass is 217 g/mol. The van der Waals surface area contributed by atoms with E-state index in [1.807, 2.05) is 13.8 Å². The summed E-state index contributed by atoms with van der Waals surface area (Å²) in [4.78, 5) is 15.0. The lowest BCUT2D eigenvalue weighted by Gasteiger charge is -2.06. The fourth-order valence-electron chi connectivity index (χ4n) is 1.44. The molecule has 0 amide bonds. The first kappa shape index (κ1) is 10.4. The fraction of sp³-hybridized carbons (Fsp3) is 0.182. The van der Waals surface area contributed by atoms with Crippen molar-refractivity contribution in [3.8, 4) is 5.69 Å². The topological polar surface area (TPSA) is 68.0 Å². The molecule has 0 unspecified atom stereocenters. The lowest BCUT2D eigenvalue weighted by Crippen LogP contribution is -2.07. The summed E-state index contributed by atoms with van der Waals surface area (Å²) in [5.41, 5.74) is 2.42. The number of hydrogen-bond acceptors (Lipinski definition) is 3. The number of aryl methyl sites for hydroxylation is 2. The van der Waals surface area contributed by atoms with Crippen LogP contribution in [0, 0.1) is 13.8 Å². The Morgan fingerprint density at radius 3 is 2.69 bits per heavy atom. The zero-order chi connectivity index (χ0) is 11.7. The number of rotatable bonds is 2. The van der Waals surface area contributed by atoms with Crippen LogP contribution in [0.3, 0.4) is 0 Å². The van der Waals surface area contributed by atoms with Gasteiger partial charge in [0.05, 0.1) is 11.9 Å². The molecule has 2 aromatic rings. The summed E-state index contributed by atoms with van der Waals surface area (Å²) >= 11 is 0. The van der Waals surface area contributed by atoms with Gasteiger partial charge in [-0.2, -0.15) is 5.10 Å². The van der Waals surface area contributed by atoms with Crippen molar-refractivity contribution in [3.63, 3.8) is 0 Å². The Labute approximate surface area is 92.4 Å². The molecular weight excluding hydrogens is 206 g/mol. The predicted molar refractivity (Wildman–Crippen MR) is 57.8 cm³/mol. The van der Waals surface area contributed by atoms with Crippen LogP contribution in [0.25, 0.3) is 5.69 Å². The standard InChI is InChI=1S/C11H11N3O2/c1-7-4-13-14(6-7)10-3-8(2)12-5-9(10)11(15)16/h3-6H,1-2H3,(H,15,16). The first-order chi connectivity index (χ1) is 7.58. The van der Waals surface area contributed by atoms with E-state index in [9.17, 15) is 4.79 Å². The van der Waals surface area contributed by atoms with Gasteiger partial charge in [-0.3, -0.25) is 4.98 Å². The Bertz CT molecular complexity index is 546. The van der Waals surface area contributed by atoms with E-state index >= 15 is 0 Å². The fourth-order valence-corrected chi connectivity index (χ4v) is 1.44. The molecule has 16 heavy (non-hydrogen) atoms. The van der Waals surface area contributed by atoms with E-state index < -0.39 is 5.97 Å². The Morgan fingerprint density at radius 2 is 2.12 bits per heavy atom. The molecule has 1 N–H and O–H groups in total. The number of aromatic nitrogens is 3. The predicted octanol–water partition coefficient (Wildman–Crippen LogP) is 1.58. The van der Waals surface area contributed by atoms with Crippen molar-refractivity contribution >= 4 is 5.97 Å². The highest BCUT2D eigenvalue weighted by Crippen LogP contribution is 2.14. The first-order valence-corrected chi connectivity index (χ1v) is 4.79. The second kappa shape index (κ2) is 3.77. The second-order valence-corrected chi connectivity index (χ2v) is 3.61. The molecule has 0 aliphatic rings. The second-order valence-electron chi connectivity index (χ2n) is 3.61. The number of aromatic carboxylic acids is 1. The van der Waals surface area contributed by atoms with Gasteiger partial charge >= 0.3 is 5.97 Å². The molecule has 0 atom stereocenters. The van der Waals surface area contributed by atoms with Crippen LogP contribution in [-0.2, 0) is 0 Å². The minimum atomic E-state index is -1.00. The first-order valence-electron chi connectivity index (χ1n) is 4.79. The zero-order valence-electron chi connectivity index (χ0n) is 9.01. The van der Waals surface area contributed by atoms with Crippen LogP contribution in [-0.4, -0.2) is 25.8 Å². The molecule has 0 bridgehead atoms. The van der Waals surface area contributed by atoms with Crippen LogP contribution in [0.5, 0.6) is 0 Å². The maximum atomic E-state index is 11.0. The molecule has 0 fully saturated rings. The van der Waals surface area contributed by atoms with Crippen LogP contribution in [0.1, 0.15) is 21.6 Å². The minimum Gasteiger partial charge on any atom is -0.478 e. The van der Waals surface area contributed by atoms with E-state index in [-0.39, 0.29) is 5.56 Å². The number of pyridine rings is 1. The van der Waals surface area contributed by atoms with Crippen LogP contribution in [0.2, 0.25) is 0 Å². The van der Waals surface area contributed by atoms with E-state index in [1.165, 1.54) is 6.20 Å². The average Bonchev–Trinajstić information content (AvgIpc) is 2.64. The van der Waals surface area contributed by atoms with Gasteiger partial charge in [-0.05, 0) is 25.5 Å². The third kappa shape index (κ3) is 1.79. The summed E-state index contributed by atoms with van der Waals surface area (Å²) in [6.07, 6.45) is 4.81. The Morgan fingerprint density at radius 1 is 1.38 bits per heavy atom. The van der Waals surface area contributed by atoms with E-state index in [4.69, 9.17) is 5.11 Å². The van der Waals surface area contributed by atoms with Gasteiger partial charge in [0.25, 0.3) is 0 Å². The maximum Gasteiger partial charge on any atom is 0.339 e. The quantitative estimate of drug-likeness (QED) is 0.829. The summed E-state index contributed by atoms with van der Waals surface area (Å²) in [6, 6.07) is 1.70. The molecule has 5 nitrogen and oxygen atoms in total. The van der Waals surface area contributed by atoms with Gasteiger partial charge in [0.2, 0.25) is 0 Å². The highest BCUT2D eigenvalue weighted by atomic mass is 16.4. The molecule has 5 heteroatoms. The number of carbonyl (C=O) groups is 1. The summed E-state index contributed by atoms with van der Waals surface area (Å²) in [5.74, 6) is -1.00. The molecule has 0 saturated carbocycles. The molecule has 82 valence electrons. The number of carboxylic acids is 1. The van der Waals surface area contributed by atoms with Crippen LogP contribution < -0.4 is 0 Å².